The number of urea groups is 1. The first kappa shape index (κ1) is 19.3. The Morgan fingerprint density at radius 3 is 2.79 bits per heavy atom. The number of benzene rings is 1. The maximum Gasteiger partial charge on any atom is 0.427 e. The molecule has 2 aliphatic rings. The molecule has 0 spiro atoms. The summed E-state index contributed by atoms with van der Waals surface area (Å²) in [6.45, 7) is 0. The number of nitrogens with one attached hydrogen (secondary N) is 2. The third-order valence-corrected chi connectivity index (χ3v) is 5.03. The molecule has 10 heteroatoms. The summed E-state index contributed by atoms with van der Waals surface area (Å²) in [6, 6.07) is 3.32. The third-order valence-electron chi connectivity index (χ3n) is 4.71. The number of fused-ring (bicyclic) bond motifs is 1. The number of hydrogen-bond donors (Lipinski definition) is 3. The Balaban J connectivity index is 1.77. The summed E-state index contributed by atoms with van der Waals surface area (Å²) in [7, 11) is 0. The Labute approximate surface area is 169 Å². The van der Waals surface area contributed by atoms with Crippen LogP contribution in [0.4, 0.5) is 29.6 Å². The predicted octanol–water partition coefficient (Wildman–Crippen LogP) is 3.61. The third kappa shape index (κ3) is 3.68. The number of nitrogens with zero attached hydrogens (tertiary/aromatic N) is 2. The van der Waals surface area contributed by atoms with E-state index in [0.29, 0.717) is 11.3 Å². The molecule has 0 bridgehead atoms. The molecule has 4 N–H and O–H groups in total. The maximum atomic E-state index is 14.1. The first-order chi connectivity index (χ1) is 13.7. The van der Waals surface area contributed by atoms with E-state index in [-0.39, 0.29) is 34.6 Å². The highest BCUT2D eigenvalue weighted by Gasteiger charge is 2.59. The first-order valence-electron chi connectivity index (χ1n) is 8.77. The molecule has 1 aromatic carbocycles. The van der Waals surface area contributed by atoms with Crippen molar-refractivity contribution >= 4 is 29.3 Å². The van der Waals surface area contributed by atoms with Gasteiger partial charge in [0.25, 0.3) is 0 Å². The summed E-state index contributed by atoms with van der Waals surface area (Å²) < 4.78 is 42.2. The molecule has 1 saturated carbocycles. The van der Waals surface area contributed by atoms with Gasteiger partial charge in [0.15, 0.2) is 0 Å². The van der Waals surface area contributed by atoms with Crippen molar-refractivity contribution in [2.24, 2.45) is 5.92 Å². The van der Waals surface area contributed by atoms with Crippen LogP contribution in [0.15, 0.2) is 24.4 Å². The minimum absolute atomic E-state index is 0.0336. The average Bonchev–Trinajstić information content (AvgIpc) is 3.46. The minimum Gasteiger partial charge on any atom is -0.368 e. The summed E-state index contributed by atoms with van der Waals surface area (Å²) >= 11 is 6.07. The summed E-state index contributed by atoms with van der Waals surface area (Å²) in [4.78, 5) is 19.9. The SMILES string of the molecule is Nc1ncc(Cl)c(Cc2ccc3c(c2)NC(=O)N[C@]3(C#CC2CC2)C(F)(F)F)n1. The Bertz CT molecular complexity index is 1060. The van der Waals surface area contributed by atoms with E-state index in [4.69, 9.17) is 17.3 Å². The molecule has 150 valence electrons. The fourth-order valence-corrected chi connectivity index (χ4v) is 3.25. The van der Waals surface area contributed by atoms with Gasteiger partial charge in [0.1, 0.15) is 0 Å². The van der Waals surface area contributed by atoms with Crippen LogP contribution in [0.2, 0.25) is 5.02 Å². The molecule has 0 radical (unpaired) electrons. The second-order valence-electron chi connectivity index (χ2n) is 6.95. The zero-order chi connectivity index (χ0) is 20.8. The van der Waals surface area contributed by atoms with E-state index < -0.39 is 17.7 Å². The van der Waals surface area contributed by atoms with Crippen molar-refractivity contribution in [2.75, 3.05) is 11.1 Å². The van der Waals surface area contributed by atoms with Gasteiger partial charge in [0.2, 0.25) is 11.5 Å². The smallest absolute Gasteiger partial charge is 0.368 e. The number of halogens is 4. The van der Waals surface area contributed by atoms with Crippen molar-refractivity contribution < 1.29 is 18.0 Å². The summed E-state index contributed by atoms with van der Waals surface area (Å²) in [5, 5.41) is 4.70. The van der Waals surface area contributed by atoms with Crippen LogP contribution >= 0.6 is 11.6 Å². The number of carbonyl (C=O) groups is 1. The quantitative estimate of drug-likeness (QED) is 0.646. The second kappa shape index (κ2) is 6.81. The van der Waals surface area contributed by atoms with Gasteiger partial charge in [-0.3, -0.25) is 0 Å². The number of aromatic nitrogens is 2. The maximum absolute atomic E-state index is 14.1. The Kier molecular flexibility index (Phi) is 4.54. The number of alkyl halides is 3. The van der Waals surface area contributed by atoms with Gasteiger partial charge in [0, 0.05) is 23.6 Å². The van der Waals surface area contributed by atoms with Gasteiger partial charge in [-0.15, -0.1) is 0 Å². The standard InChI is InChI=1S/C19H15ClF3N5O/c20-13-9-25-16(24)26-15(13)8-11-3-4-12-14(7-11)27-17(29)28-18(12,19(21,22)23)6-5-10-1-2-10/h3-4,7,9-10H,1-2,8H2,(H2,24,25,26)(H2,27,28,29)/t18-/m0/s1. The lowest BCUT2D eigenvalue weighted by atomic mass is 9.85. The molecule has 2 aromatic rings. The van der Waals surface area contributed by atoms with Crippen LogP contribution < -0.4 is 16.4 Å². The number of amides is 2. The van der Waals surface area contributed by atoms with Gasteiger partial charge < -0.3 is 16.4 Å². The van der Waals surface area contributed by atoms with Crippen molar-refractivity contribution in [3.05, 3.63) is 46.2 Å². The molecule has 1 aliphatic heterocycles. The lowest BCUT2D eigenvalue weighted by molar-refractivity contribution is -0.178. The van der Waals surface area contributed by atoms with E-state index >= 15 is 0 Å². The minimum atomic E-state index is -4.80. The van der Waals surface area contributed by atoms with Gasteiger partial charge >= 0.3 is 12.2 Å². The molecular weight excluding hydrogens is 407 g/mol. The van der Waals surface area contributed by atoms with Crippen molar-refractivity contribution in [1.82, 2.24) is 15.3 Å². The van der Waals surface area contributed by atoms with Gasteiger partial charge in [-0.25, -0.2) is 14.8 Å². The van der Waals surface area contributed by atoms with Crippen molar-refractivity contribution in [3.8, 4) is 11.8 Å². The number of nitrogen functional groups attached to an aromatic ring is 1. The lowest BCUT2D eigenvalue weighted by Crippen LogP contribution is -2.59. The number of anilines is 2. The predicted molar refractivity (Wildman–Crippen MR) is 101 cm³/mol. The second-order valence-corrected chi connectivity index (χ2v) is 7.36. The molecule has 6 nitrogen and oxygen atoms in total. The van der Waals surface area contributed by atoms with Gasteiger partial charge in [-0.2, -0.15) is 13.2 Å². The van der Waals surface area contributed by atoms with Crippen LogP contribution in [0.1, 0.15) is 29.7 Å². The van der Waals surface area contributed by atoms with E-state index in [1.807, 2.05) is 5.32 Å². The molecule has 4 rings (SSSR count). The largest absolute Gasteiger partial charge is 0.427 e. The van der Waals surface area contributed by atoms with Crippen molar-refractivity contribution in [2.45, 2.75) is 31.0 Å². The molecule has 1 aliphatic carbocycles. The lowest BCUT2D eigenvalue weighted by Gasteiger charge is -2.37. The zero-order valence-electron chi connectivity index (χ0n) is 14.9. The van der Waals surface area contributed by atoms with E-state index in [0.717, 1.165) is 12.8 Å². The summed E-state index contributed by atoms with van der Waals surface area (Å²) in [5.74, 6) is 4.92. The molecule has 1 atom stereocenters. The van der Waals surface area contributed by atoms with Gasteiger partial charge in [-0.05, 0) is 24.5 Å². The Morgan fingerprint density at radius 2 is 2.10 bits per heavy atom. The van der Waals surface area contributed by atoms with Gasteiger partial charge in [-0.1, -0.05) is 35.6 Å². The van der Waals surface area contributed by atoms with Crippen molar-refractivity contribution in [1.29, 1.82) is 0 Å². The van der Waals surface area contributed by atoms with Crippen LogP contribution in [-0.4, -0.2) is 22.2 Å². The molecule has 29 heavy (non-hydrogen) atoms. The highest BCUT2D eigenvalue weighted by molar-refractivity contribution is 6.31. The molecular formula is C19H15ClF3N5O. The van der Waals surface area contributed by atoms with Crippen LogP contribution in [0.3, 0.4) is 0 Å². The van der Waals surface area contributed by atoms with Crippen molar-refractivity contribution in [3.63, 3.8) is 0 Å². The van der Waals surface area contributed by atoms with Crippen LogP contribution in [-0.2, 0) is 12.0 Å². The van der Waals surface area contributed by atoms with E-state index in [1.165, 1.54) is 24.4 Å². The number of hydrogen-bond acceptors (Lipinski definition) is 4. The highest BCUT2D eigenvalue weighted by Crippen LogP contribution is 2.44. The first-order valence-corrected chi connectivity index (χ1v) is 9.14. The van der Waals surface area contributed by atoms with E-state index in [1.54, 1.807) is 0 Å². The van der Waals surface area contributed by atoms with Crippen LogP contribution in [0.25, 0.3) is 0 Å². The fraction of sp³-hybridized carbons (Fsp3) is 0.316. The fourth-order valence-electron chi connectivity index (χ4n) is 3.09. The number of carbonyl (C=O) groups excluding carboxylic acids is 1. The van der Waals surface area contributed by atoms with E-state index in [2.05, 4.69) is 27.1 Å². The molecule has 1 fully saturated rings. The van der Waals surface area contributed by atoms with Crippen LogP contribution in [0.5, 0.6) is 0 Å². The highest BCUT2D eigenvalue weighted by atomic mass is 35.5. The summed E-state index contributed by atoms with van der Waals surface area (Å²) in [6.07, 6.45) is -1.71. The monoisotopic (exact) mass is 421 g/mol. The normalized spacial score (nSPS) is 20.8. The number of rotatable bonds is 2. The molecule has 0 unspecified atom stereocenters. The Morgan fingerprint density at radius 1 is 1.34 bits per heavy atom. The molecule has 2 heterocycles. The molecule has 2 amide bonds. The van der Waals surface area contributed by atoms with Gasteiger partial charge in [0.05, 0.1) is 16.9 Å². The molecule has 0 saturated heterocycles. The zero-order valence-corrected chi connectivity index (χ0v) is 15.7. The Hall–Kier alpha value is -2.99. The average molecular weight is 422 g/mol. The van der Waals surface area contributed by atoms with Crippen LogP contribution in [0, 0.1) is 17.8 Å². The molecule has 1 aromatic heterocycles. The van der Waals surface area contributed by atoms with E-state index in [9.17, 15) is 18.0 Å². The number of nitrogens with two attached hydrogens (primary N) is 1. The topological polar surface area (TPSA) is 92.9 Å². The summed E-state index contributed by atoms with van der Waals surface area (Å²) in [5.41, 5.74) is 3.71.